The van der Waals surface area contributed by atoms with Gasteiger partial charge < -0.3 is 9.88 Å². The fraction of sp³-hybridized carbons (Fsp3) is 0.133. The van der Waals surface area contributed by atoms with Gasteiger partial charge in [0.15, 0.2) is 0 Å². The Kier molecular flexibility index (Phi) is 3.51. The van der Waals surface area contributed by atoms with Crippen LogP contribution in [0.2, 0.25) is 0 Å². The van der Waals surface area contributed by atoms with Crippen LogP contribution in [0.3, 0.4) is 0 Å². The van der Waals surface area contributed by atoms with Gasteiger partial charge in [0, 0.05) is 12.4 Å². The van der Waals surface area contributed by atoms with Crippen LogP contribution in [0.4, 0.5) is 5.69 Å². The van der Waals surface area contributed by atoms with E-state index in [0.29, 0.717) is 5.69 Å². The lowest BCUT2D eigenvalue weighted by Gasteiger charge is -2.15. The van der Waals surface area contributed by atoms with Crippen LogP contribution in [0, 0.1) is 0 Å². The molecule has 0 saturated carbocycles. The molecule has 6 nitrogen and oxygen atoms in total. The highest BCUT2D eigenvalue weighted by Crippen LogP contribution is 2.20. The number of aromatic nitrogens is 4. The largest absolute Gasteiger partial charge is 0.342 e. The summed E-state index contributed by atoms with van der Waals surface area (Å²) in [6.07, 6.45) is 7.07. The second-order valence-electron chi connectivity index (χ2n) is 4.66. The maximum absolute atomic E-state index is 12.4. The Morgan fingerprint density at radius 2 is 1.90 bits per heavy atom. The van der Waals surface area contributed by atoms with E-state index in [0.717, 1.165) is 5.69 Å². The molecule has 0 spiro atoms. The van der Waals surface area contributed by atoms with Crippen molar-refractivity contribution in [1.82, 2.24) is 19.6 Å². The molecule has 0 bridgehead atoms. The molecule has 0 aliphatic carbocycles. The Morgan fingerprint density at radius 1 is 1.14 bits per heavy atom. The van der Waals surface area contributed by atoms with Crippen LogP contribution < -0.4 is 5.32 Å². The predicted molar refractivity (Wildman–Crippen MR) is 79.1 cm³/mol. The summed E-state index contributed by atoms with van der Waals surface area (Å²) in [7, 11) is 0. The fourth-order valence-corrected chi connectivity index (χ4v) is 2.09. The van der Waals surface area contributed by atoms with E-state index in [-0.39, 0.29) is 11.9 Å². The fourth-order valence-electron chi connectivity index (χ4n) is 2.09. The van der Waals surface area contributed by atoms with Crippen molar-refractivity contribution in [2.75, 3.05) is 5.32 Å². The van der Waals surface area contributed by atoms with E-state index >= 15 is 0 Å². The summed E-state index contributed by atoms with van der Waals surface area (Å²) in [5, 5.41) is 10.7. The number of nitrogens with zero attached hydrogens (tertiary/aromatic N) is 4. The summed E-state index contributed by atoms with van der Waals surface area (Å²) in [5.74, 6) is -0.0845. The van der Waals surface area contributed by atoms with E-state index in [1.807, 2.05) is 60.3 Å². The van der Waals surface area contributed by atoms with Gasteiger partial charge in [-0.3, -0.25) is 4.79 Å². The number of hydrogen-bond acceptors (Lipinski definition) is 3. The summed E-state index contributed by atoms with van der Waals surface area (Å²) in [6, 6.07) is 11.0. The van der Waals surface area contributed by atoms with E-state index in [1.54, 1.807) is 17.1 Å². The van der Waals surface area contributed by atoms with Gasteiger partial charge in [0.25, 0.3) is 0 Å². The highest BCUT2D eigenvalue weighted by molar-refractivity contribution is 5.95. The number of amides is 1. The predicted octanol–water partition coefficient (Wildman–Crippen LogP) is 2.27. The van der Waals surface area contributed by atoms with Crippen molar-refractivity contribution >= 4 is 11.6 Å². The molecule has 3 rings (SSSR count). The number of hydrogen-bond donors (Lipinski definition) is 1. The van der Waals surface area contributed by atoms with E-state index in [1.165, 1.54) is 0 Å². The van der Waals surface area contributed by atoms with Gasteiger partial charge in [-0.05, 0) is 31.2 Å². The molecule has 21 heavy (non-hydrogen) atoms. The molecule has 0 aliphatic heterocycles. The first-order valence-electron chi connectivity index (χ1n) is 6.65. The van der Waals surface area contributed by atoms with Crippen molar-refractivity contribution in [2.24, 2.45) is 0 Å². The number of anilines is 1. The van der Waals surface area contributed by atoms with Crippen molar-refractivity contribution in [1.29, 1.82) is 0 Å². The van der Waals surface area contributed by atoms with Crippen LogP contribution in [0.25, 0.3) is 5.69 Å². The third-order valence-corrected chi connectivity index (χ3v) is 3.29. The van der Waals surface area contributed by atoms with Gasteiger partial charge in [-0.1, -0.05) is 17.3 Å². The maximum Gasteiger partial charge on any atom is 0.247 e. The Balaban J connectivity index is 1.84. The molecule has 0 aliphatic rings. The van der Waals surface area contributed by atoms with Gasteiger partial charge in [-0.2, -0.15) is 0 Å². The van der Waals surface area contributed by atoms with Crippen LogP contribution >= 0.6 is 0 Å². The van der Waals surface area contributed by atoms with E-state index in [9.17, 15) is 4.79 Å². The summed E-state index contributed by atoms with van der Waals surface area (Å²) in [6.45, 7) is 1.85. The Labute approximate surface area is 122 Å². The molecule has 1 amide bonds. The van der Waals surface area contributed by atoms with Gasteiger partial charge in [0.2, 0.25) is 5.91 Å². The average Bonchev–Trinajstić information content (AvgIpc) is 3.20. The minimum atomic E-state index is -0.288. The van der Waals surface area contributed by atoms with Crippen molar-refractivity contribution in [2.45, 2.75) is 13.0 Å². The van der Waals surface area contributed by atoms with Crippen LogP contribution in [0.5, 0.6) is 0 Å². The molecular weight excluding hydrogens is 266 g/mol. The number of rotatable bonds is 4. The molecule has 1 atom stereocenters. The zero-order valence-electron chi connectivity index (χ0n) is 11.5. The van der Waals surface area contributed by atoms with Crippen LogP contribution in [-0.4, -0.2) is 25.5 Å². The summed E-state index contributed by atoms with van der Waals surface area (Å²) in [5.41, 5.74) is 1.48. The summed E-state index contributed by atoms with van der Waals surface area (Å²) < 4.78 is 3.48. The minimum absolute atomic E-state index is 0.0845. The SMILES string of the molecule is CC(C(=O)Nc1ccccc1-n1ccnn1)n1cccc1. The second kappa shape index (κ2) is 5.62. The molecule has 1 N–H and O–H groups in total. The van der Waals surface area contributed by atoms with Crippen LogP contribution in [-0.2, 0) is 4.79 Å². The highest BCUT2D eigenvalue weighted by atomic mass is 16.2. The van der Waals surface area contributed by atoms with Crippen LogP contribution in [0.15, 0.2) is 61.2 Å². The lowest BCUT2D eigenvalue weighted by atomic mass is 10.2. The summed E-state index contributed by atoms with van der Waals surface area (Å²) >= 11 is 0. The van der Waals surface area contributed by atoms with Crippen LogP contribution in [0.1, 0.15) is 13.0 Å². The number of benzene rings is 1. The molecule has 3 aromatic rings. The lowest BCUT2D eigenvalue weighted by Crippen LogP contribution is -2.23. The number of nitrogens with one attached hydrogen (secondary N) is 1. The molecule has 2 heterocycles. The summed E-state index contributed by atoms with van der Waals surface area (Å²) in [4.78, 5) is 12.4. The zero-order chi connectivity index (χ0) is 14.7. The maximum atomic E-state index is 12.4. The van der Waals surface area contributed by atoms with Gasteiger partial charge in [-0.25, -0.2) is 4.68 Å². The zero-order valence-corrected chi connectivity index (χ0v) is 11.5. The van der Waals surface area contributed by atoms with Gasteiger partial charge in [0.1, 0.15) is 6.04 Å². The molecule has 0 saturated heterocycles. The highest BCUT2D eigenvalue weighted by Gasteiger charge is 2.15. The van der Waals surface area contributed by atoms with E-state index in [2.05, 4.69) is 15.6 Å². The second-order valence-corrected chi connectivity index (χ2v) is 4.66. The molecule has 106 valence electrons. The number of carbonyl (C=O) groups is 1. The van der Waals surface area contributed by atoms with E-state index < -0.39 is 0 Å². The van der Waals surface area contributed by atoms with Crippen molar-refractivity contribution in [3.05, 3.63) is 61.2 Å². The number of para-hydroxylation sites is 2. The Morgan fingerprint density at radius 3 is 2.62 bits per heavy atom. The third kappa shape index (κ3) is 2.69. The first-order valence-corrected chi connectivity index (χ1v) is 6.65. The molecule has 1 unspecified atom stereocenters. The molecule has 0 fully saturated rings. The van der Waals surface area contributed by atoms with Crippen molar-refractivity contribution in [3.8, 4) is 5.69 Å². The van der Waals surface area contributed by atoms with Crippen molar-refractivity contribution < 1.29 is 4.79 Å². The first kappa shape index (κ1) is 13.1. The smallest absolute Gasteiger partial charge is 0.247 e. The van der Waals surface area contributed by atoms with Gasteiger partial charge in [0.05, 0.1) is 23.8 Å². The normalized spacial score (nSPS) is 12.0. The topological polar surface area (TPSA) is 64.7 Å². The molecule has 2 aromatic heterocycles. The first-order chi connectivity index (χ1) is 10.3. The Hall–Kier alpha value is -2.89. The van der Waals surface area contributed by atoms with Gasteiger partial charge in [-0.15, -0.1) is 5.10 Å². The number of carbonyl (C=O) groups excluding carboxylic acids is 1. The third-order valence-electron chi connectivity index (χ3n) is 3.29. The molecule has 6 heteroatoms. The van der Waals surface area contributed by atoms with Crippen molar-refractivity contribution in [3.63, 3.8) is 0 Å². The van der Waals surface area contributed by atoms with Gasteiger partial charge >= 0.3 is 0 Å². The lowest BCUT2D eigenvalue weighted by molar-refractivity contribution is -0.118. The monoisotopic (exact) mass is 281 g/mol. The van der Waals surface area contributed by atoms with E-state index in [4.69, 9.17) is 0 Å². The average molecular weight is 281 g/mol. The Bertz CT molecular complexity index is 718. The molecular formula is C15H15N5O. The minimum Gasteiger partial charge on any atom is -0.342 e. The molecule has 0 radical (unpaired) electrons. The standard InChI is InChI=1S/C15H15N5O/c1-12(19-9-4-5-10-19)15(21)17-13-6-2-3-7-14(13)20-11-8-16-18-20/h2-12H,1H3,(H,17,21). The molecule has 1 aromatic carbocycles. The quantitative estimate of drug-likeness (QED) is 0.797.